The maximum Gasteiger partial charge on any atom is 0.0342 e. The highest BCUT2D eigenvalue weighted by atomic mass is 15.1. The Labute approximate surface area is 97.6 Å². The molecule has 1 aromatic rings. The van der Waals surface area contributed by atoms with Crippen LogP contribution >= 0.6 is 0 Å². The zero-order chi connectivity index (χ0) is 10.8. The molecule has 1 aromatic carbocycles. The first kappa shape index (κ1) is 10.2. The predicted molar refractivity (Wildman–Crippen MR) is 67.6 cm³/mol. The first-order valence-electron chi connectivity index (χ1n) is 6.46. The Bertz CT molecular complexity index is 328. The zero-order valence-corrected chi connectivity index (χ0v) is 9.73. The van der Waals surface area contributed by atoms with E-state index in [0.29, 0.717) is 6.04 Å². The van der Waals surface area contributed by atoms with E-state index in [1.165, 1.54) is 44.6 Å². The van der Waals surface area contributed by atoms with Crippen molar-refractivity contribution in [3.05, 3.63) is 30.3 Å². The van der Waals surface area contributed by atoms with Gasteiger partial charge < -0.3 is 10.2 Å². The quantitative estimate of drug-likeness (QED) is 0.817. The Morgan fingerprint density at radius 2 is 1.62 bits per heavy atom. The molecule has 3 aliphatic rings. The SMILES string of the molecule is c1ccc(NC2CCN3CCC2CC3)cc1. The van der Waals surface area contributed by atoms with Crippen LogP contribution in [0.3, 0.4) is 0 Å². The fourth-order valence-electron chi connectivity index (χ4n) is 3.07. The molecule has 3 fully saturated rings. The van der Waals surface area contributed by atoms with Crippen molar-refractivity contribution in [1.29, 1.82) is 0 Å². The number of nitrogens with one attached hydrogen (secondary N) is 1. The summed E-state index contributed by atoms with van der Waals surface area (Å²) in [6, 6.07) is 11.3. The minimum atomic E-state index is 0.690. The minimum absolute atomic E-state index is 0.690. The number of anilines is 1. The van der Waals surface area contributed by atoms with Gasteiger partial charge in [-0.1, -0.05) is 18.2 Å². The van der Waals surface area contributed by atoms with Crippen LogP contribution in [-0.4, -0.2) is 30.6 Å². The topological polar surface area (TPSA) is 15.3 Å². The molecule has 4 rings (SSSR count). The summed E-state index contributed by atoms with van der Waals surface area (Å²) in [5, 5.41) is 3.72. The zero-order valence-electron chi connectivity index (χ0n) is 9.73. The van der Waals surface area contributed by atoms with Gasteiger partial charge >= 0.3 is 0 Å². The van der Waals surface area contributed by atoms with Gasteiger partial charge in [-0.05, 0) is 50.4 Å². The largest absolute Gasteiger partial charge is 0.382 e. The van der Waals surface area contributed by atoms with Crippen LogP contribution in [0.15, 0.2) is 30.3 Å². The number of para-hydroxylation sites is 1. The molecule has 0 saturated carbocycles. The molecule has 1 unspecified atom stereocenters. The lowest BCUT2D eigenvalue weighted by molar-refractivity contribution is 0.222. The maximum absolute atomic E-state index is 3.72. The highest BCUT2D eigenvalue weighted by Gasteiger charge is 2.30. The van der Waals surface area contributed by atoms with Crippen molar-refractivity contribution >= 4 is 5.69 Å². The van der Waals surface area contributed by atoms with E-state index in [2.05, 4.69) is 40.5 Å². The van der Waals surface area contributed by atoms with Crippen LogP contribution in [-0.2, 0) is 0 Å². The normalized spacial score (nSPS) is 33.4. The van der Waals surface area contributed by atoms with E-state index >= 15 is 0 Å². The predicted octanol–water partition coefficient (Wildman–Crippen LogP) is 2.58. The van der Waals surface area contributed by atoms with Crippen molar-refractivity contribution in [2.75, 3.05) is 25.0 Å². The Kier molecular flexibility index (Phi) is 2.83. The molecular formula is C14H20N2. The van der Waals surface area contributed by atoms with Crippen molar-refractivity contribution in [2.45, 2.75) is 25.3 Å². The van der Waals surface area contributed by atoms with Gasteiger partial charge in [0, 0.05) is 18.3 Å². The fraction of sp³-hybridized carbons (Fsp3) is 0.571. The number of hydrogen-bond acceptors (Lipinski definition) is 2. The highest BCUT2D eigenvalue weighted by molar-refractivity contribution is 5.43. The number of hydrogen-bond donors (Lipinski definition) is 1. The first-order chi connectivity index (χ1) is 7.92. The van der Waals surface area contributed by atoms with Crippen molar-refractivity contribution in [1.82, 2.24) is 4.90 Å². The fourth-order valence-corrected chi connectivity index (χ4v) is 3.07. The summed E-state index contributed by atoms with van der Waals surface area (Å²) in [7, 11) is 0. The molecule has 1 N–H and O–H groups in total. The van der Waals surface area contributed by atoms with Crippen molar-refractivity contribution < 1.29 is 0 Å². The molecule has 0 spiro atoms. The van der Waals surface area contributed by atoms with Crippen LogP contribution < -0.4 is 5.32 Å². The van der Waals surface area contributed by atoms with Gasteiger partial charge in [0.1, 0.15) is 0 Å². The van der Waals surface area contributed by atoms with Gasteiger partial charge in [0.25, 0.3) is 0 Å². The number of benzene rings is 1. The second-order valence-corrected chi connectivity index (χ2v) is 5.08. The first-order valence-corrected chi connectivity index (χ1v) is 6.46. The van der Waals surface area contributed by atoms with Gasteiger partial charge in [0.05, 0.1) is 0 Å². The smallest absolute Gasteiger partial charge is 0.0342 e. The van der Waals surface area contributed by atoms with Gasteiger partial charge in [-0.3, -0.25) is 0 Å². The third-order valence-electron chi connectivity index (χ3n) is 4.08. The summed E-state index contributed by atoms with van der Waals surface area (Å²) >= 11 is 0. The second kappa shape index (κ2) is 4.46. The lowest BCUT2D eigenvalue weighted by Gasteiger charge is -2.29. The second-order valence-electron chi connectivity index (χ2n) is 5.08. The van der Waals surface area contributed by atoms with Gasteiger partial charge in [0.2, 0.25) is 0 Å². The Morgan fingerprint density at radius 1 is 0.938 bits per heavy atom. The van der Waals surface area contributed by atoms with E-state index in [1.807, 2.05) is 0 Å². The summed E-state index contributed by atoms with van der Waals surface area (Å²) < 4.78 is 0. The van der Waals surface area contributed by atoms with Gasteiger partial charge in [-0.2, -0.15) is 0 Å². The molecule has 86 valence electrons. The average molecular weight is 216 g/mol. The summed E-state index contributed by atoms with van der Waals surface area (Å²) in [5.41, 5.74) is 1.29. The molecule has 0 aliphatic carbocycles. The number of rotatable bonds is 2. The Morgan fingerprint density at radius 3 is 2.38 bits per heavy atom. The third-order valence-corrected chi connectivity index (χ3v) is 4.08. The van der Waals surface area contributed by atoms with Crippen LogP contribution in [0.25, 0.3) is 0 Å². The molecule has 2 bridgehead atoms. The molecule has 16 heavy (non-hydrogen) atoms. The van der Waals surface area contributed by atoms with E-state index < -0.39 is 0 Å². The van der Waals surface area contributed by atoms with E-state index in [0.717, 1.165) is 5.92 Å². The summed E-state index contributed by atoms with van der Waals surface area (Å²) in [6.07, 6.45) is 4.06. The molecular weight excluding hydrogens is 196 g/mol. The molecule has 2 nitrogen and oxygen atoms in total. The van der Waals surface area contributed by atoms with Crippen molar-refractivity contribution in [3.63, 3.8) is 0 Å². The molecule has 3 heterocycles. The van der Waals surface area contributed by atoms with Crippen molar-refractivity contribution in [2.24, 2.45) is 5.92 Å². The lowest BCUT2D eigenvalue weighted by atomic mass is 9.90. The van der Waals surface area contributed by atoms with E-state index in [1.54, 1.807) is 0 Å². The molecule has 2 heteroatoms. The van der Waals surface area contributed by atoms with Crippen LogP contribution in [0.1, 0.15) is 19.3 Å². The molecule has 0 radical (unpaired) electrons. The standard InChI is InChI=1S/C14H20N2/c1-2-4-13(5-3-1)15-14-8-11-16-9-6-12(14)7-10-16/h1-5,12,14-15H,6-11H2. The third kappa shape index (κ3) is 2.07. The van der Waals surface area contributed by atoms with Crippen LogP contribution in [0.4, 0.5) is 5.69 Å². The van der Waals surface area contributed by atoms with Crippen molar-refractivity contribution in [3.8, 4) is 0 Å². The molecule has 3 aliphatic heterocycles. The van der Waals surface area contributed by atoms with Gasteiger partial charge in [0.15, 0.2) is 0 Å². The highest BCUT2D eigenvalue weighted by Crippen LogP contribution is 2.29. The monoisotopic (exact) mass is 216 g/mol. The Hall–Kier alpha value is -1.02. The lowest BCUT2D eigenvalue weighted by Crippen LogP contribution is -2.33. The number of nitrogens with zero attached hydrogens (tertiary/aromatic N) is 1. The Balaban J connectivity index is 1.70. The summed E-state index contributed by atoms with van der Waals surface area (Å²) in [4.78, 5) is 2.61. The van der Waals surface area contributed by atoms with E-state index in [9.17, 15) is 0 Å². The summed E-state index contributed by atoms with van der Waals surface area (Å²) in [6.45, 7) is 3.91. The van der Waals surface area contributed by atoms with Gasteiger partial charge in [-0.25, -0.2) is 0 Å². The molecule has 0 amide bonds. The average Bonchev–Trinajstić information content (AvgIpc) is 2.65. The maximum atomic E-state index is 3.72. The van der Waals surface area contributed by atoms with E-state index in [-0.39, 0.29) is 0 Å². The minimum Gasteiger partial charge on any atom is -0.382 e. The molecule has 1 atom stereocenters. The van der Waals surface area contributed by atoms with Crippen LogP contribution in [0.5, 0.6) is 0 Å². The van der Waals surface area contributed by atoms with Crippen LogP contribution in [0, 0.1) is 5.92 Å². The number of piperidine rings is 1. The van der Waals surface area contributed by atoms with Gasteiger partial charge in [-0.15, -0.1) is 0 Å². The number of fused-ring (bicyclic) bond motifs is 4. The summed E-state index contributed by atoms with van der Waals surface area (Å²) in [5.74, 6) is 0.888. The van der Waals surface area contributed by atoms with Crippen LogP contribution in [0.2, 0.25) is 0 Å². The molecule has 0 aromatic heterocycles. The van der Waals surface area contributed by atoms with E-state index in [4.69, 9.17) is 0 Å². The molecule has 3 saturated heterocycles.